The van der Waals surface area contributed by atoms with Crippen LogP contribution < -0.4 is 5.32 Å². The van der Waals surface area contributed by atoms with Crippen LogP contribution in [0.25, 0.3) is 0 Å². The molecular formula is C20H25NO5. The van der Waals surface area contributed by atoms with Gasteiger partial charge in [0.15, 0.2) is 6.29 Å². The molecule has 1 N–H and O–H groups in total. The summed E-state index contributed by atoms with van der Waals surface area (Å²) in [4.78, 5) is 11.7. The molecular weight excluding hydrogens is 334 g/mol. The van der Waals surface area contributed by atoms with Crippen molar-refractivity contribution in [2.45, 2.75) is 38.8 Å². The average Bonchev–Trinajstić information content (AvgIpc) is 3.04. The van der Waals surface area contributed by atoms with Crippen LogP contribution in [0.3, 0.4) is 0 Å². The summed E-state index contributed by atoms with van der Waals surface area (Å²) >= 11 is 0. The Morgan fingerprint density at radius 2 is 2.15 bits per heavy atom. The molecule has 1 aromatic rings. The van der Waals surface area contributed by atoms with Crippen molar-refractivity contribution in [2.24, 2.45) is 11.8 Å². The van der Waals surface area contributed by atoms with Crippen molar-refractivity contribution >= 4 is 11.8 Å². The Balaban J connectivity index is 1.74. The first kappa shape index (κ1) is 18.7. The zero-order valence-electron chi connectivity index (χ0n) is 15.4. The molecule has 140 valence electrons. The molecule has 1 amide bonds. The van der Waals surface area contributed by atoms with Crippen LogP contribution in [0.1, 0.15) is 25.8 Å². The quantitative estimate of drug-likeness (QED) is 0.841. The molecule has 2 fully saturated rings. The number of anilines is 1. The lowest BCUT2D eigenvalue weighted by molar-refractivity contribution is -0.202. The van der Waals surface area contributed by atoms with Gasteiger partial charge in [0.1, 0.15) is 6.10 Å². The molecule has 6 heteroatoms. The second kappa shape index (κ2) is 8.54. The van der Waals surface area contributed by atoms with E-state index in [1.807, 2.05) is 18.2 Å². The van der Waals surface area contributed by atoms with Gasteiger partial charge in [-0.05, 0) is 26.0 Å². The summed E-state index contributed by atoms with van der Waals surface area (Å²) < 4.78 is 22.1. The summed E-state index contributed by atoms with van der Waals surface area (Å²) in [6.45, 7) is 4.78. The Bertz CT molecular complexity index is 695. The van der Waals surface area contributed by atoms with Crippen molar-refractivity contribution in [1.82, 2.24) is 0 Å². The Morgan fingerprint density at radius 1 is 1.35 bits per heavy atom. The lowest BCUT2D eigenvalue weighted by Gasteiger charge is -2.36. The van der Waals surface area contributed by atoms with E-state index in [2.05, 4.69) is 24.1 Å². The van der Waals surface area contributed by atoms with Gasteiger partial charge in [-0.2, -0.15) is 0 Å². The number of para-hydroxylation sites is 1. The molecule has 5 atom stereocenters. The number of hydrogen-bond donors (Lipinski definition) is 1. The molecule has 0 aliphatic carbocycles. The lowest BCUT2D eigenvalue weighted by atomic mass is 9.82. The number of ether oxygens (including phenoxy) is 4. The van der Waals surface area contributed by atoms with Crippen molar-refractivity contribution in [2.75, 3.05) is 25.6 Å². The zero-order chi connectivity index (χ0) is 18.5. The fourth-order valence-corrected chi connectivity index (χ4v) is 3.51. The van der Waals surface area contributed by atoms with Crippen LogP contribution in [0.2, 0.25) is 0 Å². The Morgan fingerprint density at radius 3 is 2.92 bits per heavy atom. The Labute approximate surface area is 154 Å². The van der Waals surface area contributed by atoms with Crippen LogP contribution in [0.5, 0.6) is 0 Å². The maximum absolute atomic E-state index is 11.7. The fourth-order valence-electron chi connectivity index (χ4n) is 3.51. The van der Waals surface area contributed by atoms with Gasteiger partial charge in [-0.1, -0.05) is 24.0 Å². The van der Waals surface area contributed by atoms with Gasteiger partial charge in [-0.3, -0.25) is 5.32 Å². The topological polar surface area (TPSA) is 66.0 Å². The predicted molar refractivity (Wildman–Crippen MR) is 96.6 cm³/mol. The summed E-state index contributed by atoms with van der Waals surface area (Å²) in [5.74, 6) is 7.00. The van der Waals surface area contributed by atoms with Crippen LogP contribution in [-0.4, -0.2) is 44.9 Å². The highest BCUT2D eigenvalue weighted by atomic mass is 16.7. The van der Waals surface area contributed by atoms with Crippen molar-refractivity contribution in [1.29, 1.82) is 0 Å². The number of amides is 1. The molecule has 6 nitrogen and oxygen atoms in total. The molecule has 1 aromatic carbocycles. The molecule has 0 radical (unpaired) electrons. The number of hydrogen-bond acceptors (Lipinski definition) is 5. The molecule has 0 aromatic heterocycles. The van der Waals surface area contributed by atoms with Crippen molar-refractivity contribution in [3.05, 3.63) is 29.8 Å². The zero-order valence-corrected chi connectivity index (χ0v) is 15.4. The van der Waals surface area contributed by atoms with Gasteiger partial charge in [0.2, 0.25) is 0 Å². The molecule has 3 rings (SSSR count). The molecule has 2 aliphatic rings. The van der Waals surface area contributed by atoms with Gasteiger partial charge >= 0.3 is 6.09 Å². The van der Waals surface area contributed by atoms with Gasteiger partial charge in [0, 0.05) is 30.9 Å². The normalized spacial score (nSPS) is 30.0. The molecule has 2 aliphatic heterocycles. The Hall–Kier alpha value is -2.07. The standard InChI is InChI=1S/C20H25NO5/c1-4-24-20(22)21-17-8-6-5-7-14(17)9-10-18-15-11-19(23-3)26-13(2)16(15)12-25-18/h5-8,13,15-16,18-19H,4,11-12H2,1-3H3,(H,21,22)/t13-,15+,16-,18-,19?/m0/s1. The molecule has 0 spiro atoms. The third-order valence-corrected chi connectivity index (χ3v) is 4.89. The fraction of sp³-hybridized carbons (Fsp3) is 0.550. The number of fused-ring (bicyclic) bond motifs is 1. The van der Waals surface area contributed by atoms with E-state index in [1.165, 1.54) is 0 Å². The third-order valence-electron chi connectivity index (χ3n) is 4.89. The summed E-state index contributed by atoms with van der Waals surface area (Å²) in [7, 11) is 1.66. The number of methoxy groups -OCH3 is 1. The Kier molecular flexibility index (Phi) is 6.15. The second-order valence-electron chi connectivity index (χ2n) is 6.48. The van der Waals surface area contributed by atoms with E-state index >= 15 is 0 Å². The maximum Gasteiger partial charge on any atom is 0.411 e. The van der Waals surface area contributed by atoms with E-state index in [0.29, 0.717) is 24.8 Å². The minimum absolute atomic E-state index is 0.0864. The predicted octanol–water partition coefficient (Wildman–Crippen LogP) is 3.02. The third kappa shape index (κ3) is 4.18. The van der Waals surface area contributed by atoms with E-state index in [9.17, 15) is 4.79 Å². The molecule has 2 saturated heterocycles. The molecule has 0 bridgehead atoms. The van der Waals surface area contributed by atoms with Gasteiger partial charge < -0.3 is 18.9 Å². The largest absolute Gasteiger partial charge is 0.450 e. The summed E-state index contributed by atoms with van der Waals surface area (Å²) in [5.41, 5.74) is 1.36. The number of benzene rings is 1. The first-order valence-corrected chi connectivity index (χ1v) is 8.96. The highest BCUT2D eigenvalue weighted by Gasteiger charge is 2.45. The van der Waals surface area contributed by atoms with Crippen molar-refractivity contribution in [3.8, 4) is 11.8 Å². The minimum Gasteiger partial charge on any atom is -0.450 e. The van der Waals surface area contributed by atoms with E-state index in [0.717, 1.165) is 12.0 Å². The number of nitrogens with one attached hydrogen (secondary N) is 1. The molecule has 0 saturated carbocycles. The van der Waals surface area contributed by atoms with Gasteiger partial charge in [-0.25, -0.2) is 4.79 Å². The number of rotatable bonds is 3. The van der Waals surface area contributed by atoms with Gasteiger partial charge in [-0.15, -0.1) is 0 Å². The first-order chi connectivity index (χ1) is 12.6. The smallest absolute Gasteiger partial charge is 0.411 e. The van der Waals surface area contributed by atoms with Crippen LogP contribution >= 0.6 is 0 Å². The van der Waals surface area contributed by atoms with Crippen LogP contribution in [0, 0.1) is 23.7 Å². The van der Waals surface area contributed by atoms with Crippen molar-refractivity contribution < 1.29 is 23.7 Å². The lowest BCUT2D eigenvalue weighted by Crippen LogP contribution is -2.41. The van der Waals surface area contributed by atoms with Gasteiger partial charge in [0.25, 0.3) is 0 Å². The van der Waals surface area contributed by atoms with Crippen LogP contribution in [0.15, 0.2) is 24.3 Å². The number of carbonyl (C=O) groups is 1. The minimum atomic E-state index is -0.486. The van der Waals surface area contributed by atoms with Crippen molar-refractivity contribution in [3.63, 3.8) is 0 Å². The monoisotopic (exact) mass is 359 g/mol. The molecule has 1 unspecified atom stereocenters. The van der Waals surface area contributed by atoms with Crippen LogP contribution in [-0.2, 0) is 18.9 Å². The molecule has 2 heterocycles. The molecule has 26 heavy (non-hydrogen) atoms. The van der Waals surface area contributed by atoms with E-state index < -0.39 is 6.09 Å². The van der Waals surface area contributed by atoms with E-state index in [-0.39, 0.29) is 24.4 Å². The van der Waals surface area contributed by atoms with Gasteiger partial charge in [0.05, 0.1) is 25.0 Å². The first-order valence-electron chi connectivity index (χ1n) is 8.96. The number of carbonyl (C=O) groups excluding carboxylic acids is 1. The summed E-state index contributed by atoms with van der Waals surface area (Å²) in [5, 5.41) is 2.72. The highest BCUT2D eigenvalue weighted by molar-refractivity contribution is 5.86. The second-order valence-corrected chi connectivity index (χ2v) is 6.48. The van der Waals surface area contributed by atoms with Crippen LogP contribution in [0.4, 0.5) is 10.5 Å². The SMILES string of the molecule is CCOC(=O)Nc1ccccc1C#C[C@@H]1OC[C@@H]2[C@H]1CC(OC)O[C@H]2C. The van der Waals surface area contributed by atoms with E-state index in [1.54, 1.807) is 20.1 Å². The summed E-state index contributed by atoms with van der Waals surface area (Å²) in [6.07, 6.45) is -0.00817. The average molecular weight is 359 g/mol. The summed E-state index contributed by atoms with van der Waals surface area (Å²) in [6, 6.07) is 7.40. The highest BCUT2D eigenvalue weighted by Crippen LogP contribution is 2.39. The van der Waals surface area contributed by atoms with E-state index in [4.69, 9.17) is 18.9 Å². The maximum atomic E-state index is 11.7.